The van der Waals surface area contributed by atoms with Gasteiger partial charge in [0.2, 0.25) is 0 Å². The van der Waals surface area contributed by atoms with Crippen molar-refractivity contribution in [1.29, 1.82) is 0 Å². The number of benzene rings is 1. The van der Waals surface area contributed by atoms with Gasteiger partial charge < -0.3 is 9.46 Å². The summed E-state index contributed by atoms with van der Waals surface area (Å²) >= 11 is 0. The van der Waals surface area contributed by atoms with Crippen LogP contribution in [0, 0.1) is 0 Å². The molecule has 0 N–H and O–H groups in total. The summed E-state index contributed by atoms with van der Waals surface area (Å²) < 4.78 is 32.9. The van der Waals surface area contributed by atoms with Crippen molar-refractivity contribution in [3.63, 3.8) is 0 Å². The molecule has 5 heteroatoms. The summed E-state index contributed by atoms with van der Waals surface area (Å²) in [7, 11) is -2.04. The Hall–Kier alpha value is -1.59. The van der Waals surface area contributed by atoms with E-state index in [1.807, 2.05) is 12.2 Å². The first kappa shape index (κ1) is 13.8. The fraction of sp³-hybridized carbons (Fsp3) is 0.286. The van der Waals surface area contributed by atoms with Gasteiger partial charge in [-0.1, -0.05) is 23.8 Å². The molecule has 0 atom stereocenters. The van der Waals surface area contributed by atoms with E-state index in [9.17, 15) is 8.42 Å². The Bertz CT molecular complexity index is 586. The van der Waals surface area contributed by atoms with Gasteiger partial charge in [-0.25, -0.2) is 8.42 Å². The highest BCUT2D eigenvalue weighted by Gasteiger charge is 2.05. The van der Waals surface area contributed by atoms with Gasteiger partial charge in [-0.2, -0.15) is 0 Å². The molecule has 0 spiro atoms. The molecule has 1 aliphatic carbocycles. The summed E-state index contributed by atoms with van der Waals surface area (Å²) in [6, 6.07) is 6.25. The smallest absolute Gasteiger partial charge is 0.118 e. The van der Waals surface area contributed by atoms with E-state index in [4.69, 9.17) is 4.74 Å². The summed E-state index contributed by atoms with van der Waals surface area (Å²) in [5.41, 5.74) is 1.04. The molecule has 0 aliphatic heterocycles. The number of allylic oxidation sites excluding steroid dienone is 3. The highest BCUT2D eigenvalue weighted by atomic mass is 32.2. The van der Waals surface area contributed by atoms with Crippen molar-refractivity contribution in [3.8, 4) is 5.75 Å². The first-order valence-electron chi connectivity index (χ1n) is 6.04. The number of rotatable bonds is 5. The van der Waals surface area contributed by atoms with E-state index >= 15 is 0 Å². The van der Waals surface area contributed by atoms with Crippen LogP contribution in [0.5, 0.6) is 5.75 Å². The molecule has 0 radical (unpaired) electrons. The van der Waals surface area contributed by atoms with Crippen LogP contribution in [-0.4, -0.2) is 22.1 Å². The molecule has 0 saturated carbocycles. The second-order valence-electron chi connectivity index (χ2n) is 4.23. The monoisotopic (exact) mass is 278 g/mol. The molecule has 102 valence electrons. The van der Waals surface area contributed by atoms with Gasteiger partial charge in [-0.15, -0.1) is 6.54 Å². The SMILES string of the molecule is COc1ccc(S(=O)(=O)[N-]CC2=CC=CCC2)cc1. The van der Waals surface area contributed by atoms with Gasteiger partial charge in [0.1, 0.15) is 15.8 Å². The second-order valence-corrected chi connectivity index (χ2v) is 5.91. The van der Waals surface area contributed by atoms with Crippen LogP contribution < -0.4 is 4.74 Å². The molecule has 0 fully saturated rings. The Labute approximate surface area is 113 Å². The van der Waals surface area contributed by atoms with Crippen LogP contribution in [0.2, 0.25) is 0 Å². The Balaban J connectivity index is 2.04. The van der Waals surface area contributed by atoms with Crippen molar-refractivity contribution in [2.24, 2.45) is 0 Å². The Kier molecular flexibility index (Phi) is 4.39. The molecule has 0 aromatic heterocycles. The minimum Gasteiger partial charge on any atom is -0.541 e. The number of sulfonamides is 1. The summed E-state index contributed by atoms with van der Waals surface area (Å²) in [5.74, 6) is 0.624. The number of hydrogen-bond donors (Lipinski definition) is 0. The van der Waals surface area contributed by atoms with Gasteiger partial charge in [-0.05, 0) is 37.1 Å². The Morgan fingerprint density at radius 1 is 1.26 bits per heavy atom. The molecule has 0 amide bonds. The van der Waals surface area contributed by atoms with E-state index in [1.54, 1.807) is 12.1 Å². The molecule has 1 aromatic rings. The minimum absolute atomic E-state index is 0.195. The van der Waals surface area contributed by atoms with Crippen LogP contribution in [0.4, 0.5) is 0 Å². The van der Waals surface area contributed by atoms with Crippen LogP contribution in [0.25, 0.3) is 4.72 Å². The molecule has 2 rings (SSSR count). The van der Waals surface area contributed by atoms with Crippen molar-refractivity contribution >= 4 is 10.0 Å². The van der Waals surface area contributed by atoms with Gasteiger partial charge in [0.05, 0.1) is 7.11 Å². The lowest BCUT2D eigenvalue weighted by Gasteiger charge is -2.22. The van der Waals surface area contributed by atoms with Crippen LogP contribution in [0.15, 0.2) is 53.0 Å². The average Bonchev–Trinajstić information content (AvgIpc) is 2.46. The molecule has 0 heterocycles. The number of ether oxygens (including phenoxy) is 1. The van der Waals surface area contributed by atoms with Crippen LogP contribution in [0.3, 0.4) is 0 Å². The Morgan fingerprint density at radius 2 is 2.00 bits per heavy atom. The van der Waals surface area contributed by atoms with Gasteiger partial charge in [0.25, 0.3) is 0 Å². The highest BCUT2D eigenvalue weighted by Crippen LogP contribution is 2.22. The fourth-order valence-electron chi connectivity index (χ4n) is 1.77. The van der Waals surface area contributed by atoms with Crippen LogP contribution in [-0.2, 0) is 10.0 Å². The molecule has 19 heavy (non-hydrogen) atoms. The Morgan fingerprint density at radius 3 is 2.58 bits per heavy atom. The zero-order valence-corrected chi connectivity index (χ0v) is 11.6. The molecule has 1 aliphatic rings. The van der Waals surface area contributed by atoms with Gasteiger partial charge in [0, 0.05) is 4.90 Å². The summed E-state index contributed by atoms with van der Waals surface area (Å²) in [5, 5.41) is 0. The van der Waals surface area contributed by atoms with Crippen molar-refractivity contribution in [1.82, 2.24) is 0 Å². The van der Waals surface area contributed by atoms with Crippen molar-refractivity contribution in [2.45, 2.75) is 17.7 Å². The number of nitrogens with zero attached hydrogens (tertiary/aromatic N) is 1. The predicted molar refractivity (Wildman–Crippen MR) is 74.9 cm³/mol. The van der Waals surface area contributed by atoms with Crippen LogP contribution >= 0.6 is 0 Å². The van der Waals surface area contributed by atoms with Gasteiger partial charge in [0.15, 0.2) is 0 Å². The average molecular weight is 278 g/mol. The van der Waals surface area contributed by atoms with Gasteiger partial charge in [-0.3, -0.25) is 0 Å². The lowest BCUT2D eigenvalue weighted by molar-refractivity contribution is 0.414. The maximum atomic E-state index is 12.0. The quantitative estimate of drug-likeness (QED) is 0.831. The maximum Gasteiger partial charge on any atom is 0.118 e. The minimum atomic E-state index is -3.58. The molecule has 0 bridgehead atoms. The van der Waals surface area contributed by atoms with Crippen molar-refractivity contribution < 1.29 is 13.2 Å². The topological polar surface area (TPSA) is 57.5 Å². The highest BCUT2D eigenvalue weighted by molar-refractivity contribution is 7.94. The lowest BCUT2D eigenvalue weighted by atomic mass is 10.1. The maximum absolute atomic E-state index is 12.0. The first-order chi connectivity index (χ1) is 9.12. The zero-order valence-electron chi connectivity index (χ0n) is 10.7. The molecule has 0 saturated heterocycles. The standard InChI is InChI=1S/C14H16NO3S/c1-18-13-7-9-14(10-8-13)19(16,17)15-11-12-5-3-2-4-6-12/h2-3,5,7-10H,4,6,11H2,1H3/q-1. The molecule has 0 unspecified atom stereocenters. The van der Waals surface area contributed by atoms with E-state index in [-0.39, 0.29) is 11.4 Å². The largest absolute Gasteiger partial charge is 0.541 e. The number of methoxy groups -OCH3 is 1. The fourth-order valence-corrected chi connectivity index (χ4v) is 2.74. The van der Waals surface area contributed by atoms with Crippen LogP contribution in [0.1, 0.15) is 12.8 Å². The third kappa shape index (κ3) is 3.68. The van der Waals surface area contributed by atoms with Crippen molar-refractivity contribution in [3.05, 3.63) is 52.8 Å². The molecule has 1 aromatic carbocycles. The summed E-state index contributed by atoms with van der Waals surface area (Å²) in [6.45, 7) is 0.235. The normalized spacial score (nSPS) is 15.1. The molecule has 4 nitrogen and oxygen atoms in total. The first-order valence-corrected chi connectivity index (χ1v) is 7.48. The zero-order chi connectivity index (χ0) is 13.7. The van der Waals surface area contributed by atoms with Crippen molar-refractivity contribution in [2.75, 3.05) is 13.7 Å². The number of hydrogen-bond acceptors (Lipinski definition) is 3. The van der Waals surface area contributed by atoms with E-state index < -0.39 is 10.0 Å². The second kappa shape index (κ2) is 6.04. The third-order valence-corrected chi connectivity index (χ3v) is 4.23. The van der Waals surface area contributed by atoms with E-state index in [1.165, 1.54) is 19.2 Å². The van der Waals surface area contributed by atoms with E-state index in [2.05, 4.69) is 10.8 Å². The summed E-state index contributed by atoms with van der Waals surface area (Å²) in [4.78, 5) is 0.195. The van der Waals surface area contributed by atoms with E-state index in [0.717, 1.165) is 18.4 Å². The van der Waals surface area contributed by atoms with E-state index in [0.29, 0.717) is 5.75 Å². The van der Waals surface area contributed by atoms with Gasteiger partial charge >= 0.3 is 0 Å². The molecular formula is C14H16NO3S-. The molecular weight excluding hydrogens is 262 g/mol. The third-order valence-electron chi connectivity index (χ3n) is 2.90. The summed E-state index contributed by atoms with van der Waals surface area (Å²) in [6.07, 6.45) is 7.74. The predicted octanol–water partition coefficient (Wildman–Crippen LogP) is 3.03. The lowest BCUT2D eigenvalue weighted by Crippen LogP contribution is -2.03.